The summed E-state index contributed by atoms with van der Waals surface area (Å²) in [4.78, 5) is 10.4. The molecule has 15 heavy (non-hydrogen) atoms. The first kappa shape index (κ1) is 12.8. The Labute approximate surface area is 104 Å². The summed E-state index contributed by atoms with van der Waals surface area (Å²) in [5.41, 5.74) is 0. The lowest BCUT2D eigenvalue weighted by Crippen LogP contribution is -2.30. The van der Waals surface area contributed by atoms with E-state index in [0.29, 0.717) is 6.04 Å². The number of hydrogen-bond donors (Lipinski definition) is 0. The Kier molecular flexibility index (Phi) is 5.39. The van der Waals surface area contributed by atoms with Gasteiger partial charge in [-0.1, -0.05) is 0 Å². The summed E-state index contributed by atoms with van der Waals surface area (Å²) in [5.74, 6) is 2.14. The van der Waals surface area contributed by atoms with Crippen molar-refractivity contribution in [1.29, 1.82) is 0 Å². The van der Waals surface area contributed by atoms with Crippen molar-refractivity contribution in [2.24, 2.45) is 0 Å². The van der Waals surface area contributed by atoms with E-state index in [9.17, 15) is 0 Å². The van der Waals surface area contributed by atoms with Gasteiger partial charge in [0.15, 0.2) is 0 Å². The van der Waals surface area contributed by atoms with Gasteiger partial charge >= 0.3 is 0 Å². The van der Waals surface area contributed by atoms with Crippen molar-refractivity contribution in [3.05, 3.63) is 17.0 Å². The van der Waals surface area contributed by atoms with Crippen LogP contribution in [0.25, 0.3) is 0 Å². The van der Waals surface area contributed by atoms with Crippen molar-refractivity contribution in [2.75, 3.05) is 24.0 Å². The maximum absolute atomic E-state index is 4.25. The fourth-order valence-corrected chi connectivity index (χ4v) is 2.10. The van der Waals surface area contributed by atoms with Crippen molar-refractivity contribution in [3.8, 4) is 0 Å². The Hall–Kier alpha value is -0.290. The predicted molar refractivity (Wildman–Crippen MR) is 70.6 cm³/mol. The van der Waals surface area contributed by atoms with E-state index < -0.39 is 0 Å². The summed E-state index contributed by atoms with van der Waals surface area (Å²) < 4.78 is 0.830. The molecule has 0 aliphatic carbocycles. The van der Waals surface area contributed by atoms with Crippen LogP contribution >= 0.6 is 27.7 Å². The quantitative estimate of drug-likeness (QED) is 0.780. The van der Waals surface area contributed by atoms with Crippen LogP contribution < -0.4 is 4.90 Å². The Morgan fingerprint density at radius 3 is 2.87 bits per heavy atom. The van der Waals surface area contributed by atoms with E-state index in [2.05, 4.69) is 51.0 Å². The minimum atomic E-state index is 0.499. The first-order valence-corrected chi connectivity index (χ1v) is 7.03. The molecule has 5 heteroatoms. The summed E-state index contributed by atoms with van der Waals surface area (Å²) in [6.45, 7) is 2.21. The third-order valence-electron chi connectivity index (χ3n) is 2.38. The number of hydrogen-bond acceptors (Lipinski definition) is 4. The molecule has 0 saturated carbocycles. The summed E-state index contributed by atoms with van der Waals surface area (Å²) in [6, 6.07) is 2.44. The third-order valence-corrected chi connectivity index (χ3v) is 3.46. The molecule has 0 saturated heterocycles. The van der Waals surface area contributed by atoms with Gasteiger partial charge in [-0.3, -0.25) is 0 Å². The first-order chi connectivity index (χ1) is 7.15. The van der Waals surface area contributed by atoms with Gasteiger partial charge in [0, 0.05) is 19.2 Å². The van der Waals surface area contributed by atoms with E-state index in [0.717, 1.165) is 10.4 Å². The lowest BCUT2D eigenvalue weighted by Gasteiger charge is -2.25. The minimum absolute atomic E-state index is 0.499. The second kappa shape index (κ2) is 6.33. The Morgan fingerprint density at radius 2 is 2.27 bits per heavy atom. The number of anilines is 1. The topological polar surface area (TPSA) is 29.0 Å². The molecule has 0 N–H and O–H groups in total. The maximum atomic E-state index is 4.25. The van der Waals surface area contributed by atoms with Gasteiger partial charge in [-0.2, -0.15) is 11.8 Å². The van der Waals surface area contributed by atoms with Gasteiger partial charge in [-0.05, 0) is 41.3 Å². The molecule has 0 bridgehead atoms. The highest BCUT2D eigenvalue weighted by molar-refractivity contribution is 9.10. The van der Waals surface area contributed by atoms with E-state index in [1.807, 2.05) is 17.8 Å². The molecule has 0 spiro atoms. The van der Waals surface area contributed by atoms with E-state index in [1.54, 1.807) is 6.33 Å². The Balaban J connectivity index is 2.62. The molecule has 3 nitrogen and oxygen atoms in total. The van der Waals surface area contributed by atoms with E-state index in [-0.39, 0.29) is 0 Å². The van der Waals surface area contributed by atoms with Crippen molar-refractivity contribution in [2.45, 2.75) is 19.4 Å². The highest BCUT2D eigenvalue weighted by Gasteiger charge is 2.10. The van der Waals surface area contributed by atoms with Crippen LogP contribution in [0.4, 0.5) is 5.82 Å². The van der Waals surface area contributed by atoms with Gasteiger partial charge in [0.05, 0.1) is 0 Å². The molecule has 0 radical (unpaired) electrons. The number of halogens is 1. The van der Waals surface area contributed by atoms with Gasteiger partial charge < -0.3 is 4.90 Å². The number of thioether (sulfide) groups is 1. The lowest BCUT2D eigenvalue weighted by molar-refractivity contribution is 0.661. The zero-order valence-corrected chi connectivity index (χ0v) is 11.7. The van der Waals surface area contributed by atoms with Crippen LogP contribution in [0.1, 0.15) is 13.3 Å². The van der Waals surface area contributed by atoms with Crippen LogP contribution in [-0.2, 0) is 0 Å². The van der Waals surface area contributed by atoms with Gasteiger partial charge in [0.25, 0.3) is 0 Å². The average molecular weight is 290 g/mol. The molecule has 84 valence electrons. The largest absolute Gasteiger partial charge is 0.357 e. The zero-order chi connectivity index (χ0) is 11.3. The van der Waals surface area contributed by atoms with Crippen molar-refractivity contribution in [3.63, 3.8) is 0 Å². The van der Waals surface area contributed by atoms with Crippen LogP contribution in [0, 0.1) is 0 Å². The normalized spacial score (nSPS) is 12.5. The molecule has 1 aromatic heterocycles. The zero-order valence-electron chi connectivity index (χ0n) is 9.27. The Morgan fingerprint density at radius 1 is 1.53 bits per heavy atom. The summed E-state index contributed by atoms with van der Waals surface area (Å²) in [5, 5.41) is 0. The van der Waals surface area contributed by atoms with Gasteiger partial charge in [-0.15, -0.1) is 0 Å². The molecular weight excluding hydrogens is 274 g/mol. The predicted octanol–water partition coefficient (Wildman–Crippen LogP) is 2.82. The van der Waals surface area contributed by atoms with Gasteiger partial charge in [-0.25, -0.2) is 9.97 Å². The van der Waals surface area contributed by atoms with E-state index in [4.69, 9.17) is 0 Å². The molecule has 0 aromatic carbocycles. The maximum Gasteiger partial charge on any atom is 0.133 e. The number of rotatable bonds is 5. The molecular formula is C10H16BrN3S. The smallest absolute Gasteiger partial charge is 0.133 e. The van der Waals surface area contributed by atoms with E-state index in [1.165, 1.54) is 12.2 Å². The first-order valence-electron chi connectivity index (χ1n) is 4.84. The third kappa shape index (κ3) is 3.99. The molecule has 1 aromatic rings. The molecule has 1 unspecified atom stereocenters. The number of aromatic nitrogens is 2. The molecule has 0 aliphatic heterocycles. The van der Waals surface area contributed by atoms with Crippen LogP contribution in [-0.4, -0.2) is 35.1 Å². The molecule has 0 aliphatic rings. The molecule has 0 fully saturated rings. The molecule has 1 heterocycles. The van der Waals surface area contributed by atoms with Crippen LogP contribution in [0.2, 0.25) is 0 Å². The van der Waals surface area contributed by atoms with Crippen molar-refractivity contribution >= 4 is 33.5 Å². The fourth-order valence-electron chi connectivity index (χ4n) is 1.22. The van der Waals surface area contributed by atoms with Crippen molar-refractivity contribution in [1.82, 2.24) is 9.97 Å². The standard InChI is InChI=1S/C10H16BrN3S/c1-8(4-5-15-3)14(2)10-6-9(11)12-7-13-10/h6-8H,4-5H2,1-3H3. The number of nitrogens with zero attached hydrogens (tertiary/aromatic N) is 3. The molecule has 0 amide bonds. The average Bonchev–Trinajstić information content (AvgIpc) is 2.24. The summed E-state index contributed by atoms with van der Waals surface area (Å²) in [7, 11) is 2.07. The van der Waals surface area contributed by atoms with Crippen LogP contribution in [0.15, 0.2) is 17.0 Å². The molecule has 1 rings (SSSR count). The highest BCUT2D eigenvalue weighted by atomic mass is 79.9. The SMILES string of the molecule is CSCCC(C)N(C)c1cc(Br)ncn1. The summed E-state index contributed by atoms with van der Waals surface area (Å²) >= 11 is 5.23. The van der Waals surface area contributed by atoms with Gasteiger partial charge in [0.2, 0.25) is 0 Å². The second-order valence-electron chi connectivity index (χ2n) is 3.44. The summed E-state index contributed by atoms with van der Waals surface area (Å²) in [6.07, 6.45) is 4.88. The van der Waals surface area contributed by atoms with Crippen LogP contribution in [0.5, 0.6) is 0 Å². The van der Waals surface area contributed by atoms with Crippen LogP contribution in [0.3, 0.4) is 0 Å². The highest BCUT2D eigenvalue weighted by Crippen LogP contribution is 2.17. The van der Waals surface area contributed by atoms with Crippen molar-refractivity contribution < 1.29 is 0 Å². The fraction of sp³-hybridized carbons (Fsp3) is 0.600. The lowest BCUT2D eigenvalue weighted by atomic mass is 10.2. The van der Waals surface area contributed by atoms with Gasteiger partial charge in [0.1, 0.15) is 16.7 Å². The minimum Gasteiger partial charge on any atom is -0.357 e. The second-order valence-corrected chi connectivity index (χ2v) is 5.24. The monoisotopic (exact) mass is 289 g/mol. The Bertz CT molecular complexity index is 308. The van der Waals surface area contributed by atoms with E-state index >= 15 is 0 Å². The molecule has 1 atom stereocenters.